The van der Waals surface area contributed by atoms with Crippen molar-refractivity contribution >= 4 is 23.8 Å². The molecule has 0 aliphatic rings. The van der Waals surface area contributed by atoms with Gasteiger partial charge in [0, 0.05) is 11.6 Å². The minimum Gasteiger partial charge on any atom is -0.444 e. The molecule has 4 amide bonds. The second-order valence-corrected chi connectivity index (χ2v) is 11.2. The smallest absolute Gasteiger partial charge is 0.408 e. The molecule has 9 nitrogen and oxygen atoms in total. The van der Waals surface area contributed by atoms with Crippen LogP contribution in [0.1, 0.15) is 84.5 Å². The third-order valence-electron chi connectivity index (χ3n) is 5.14. The number of nitrogens with zero attached hydrogens (tertiary/aromatic N) is 1. The third-order valence-corrected chi connectivity index (χ3v) is 5.14. The predicted molar refractivity (Wildman–Crippen MR) is 136 cm³/mol. The Kier molecular flexibility index (Phi) is 9.88. The van der Waals surface area contributed by atoms with E-state index in [0.717, 1.165) is 11.1 Å². The predicted octanol–water partition coefficient (Wildman–Crippen LogP) is 3.26. The van der Waals surface area contributed by atoms with E-state index >= 15 is 0 Å². The van der Waals surface area contributed by atoms with Gasteiger partial charge in [0.2, 0.25) is 17.7 Å². The van der Waals surface area contributed by atoms with E-state index < -0.39 is 47.6 Å². The number of nitrogens with one attached hydrogen (secondary N) is 2. The molecule has 35 heavy (non-hydrogen) atoms. The number of primary amides is 1. The molecule has 4 N–H and O–H groups in total. The van der Waals surface area contributed by atoms with Crippen LogP contribution in [0.4, 0.5) is 4.79 Å². The fourth-order valence-electron chi connectivity index (χ4n) is 3.58. The van der Waals surface area contributed by atoms with Gasteiger partial charge in [-0.25, -0.2) is 4.79 Å². The summed E-state index contributed by atoms with van der Waals surface area (Å²) < 4.78 is 5.29. The van der Waals surface area contributed by atoms with E-state index in [1.165, 1.54) is 4.90 Å². The van der Waals surface area contributed by atoms with Gasteiger partial charge in [0.25, 0.3) is 0 Å². The van der Waals surface area contributed by atoms with Gasteiger partial charge in [-0.05, 0) is 85.9 Å². The summed E-state index contributed by atoms with van der Waals surface area (Å²) in [6.07, 6.45) is -1.31. The minimum atomic E-state index is -1.32. The van der Waals surface area contributed by atoms with Crippen molar-refractivity contribution in [3.8, 4) is 0 Å². The van der Waals surface area contributed by atoms with Crippen molar-refractivity contribution in [3.05, 3.63) is 34.9 Å². The number of nitrogens with two attached hydrogens (primary N) is 1. The number of rotatable bonds is 8. The summed E-state index contributed by atoms with van der Waals surface area (Å²) in [6.45, 7) is 18.0. The maximum Gasteiger partial charge on any atom is 0.408 e. The average molecular weight is 491 g/mol. The molecule has 0 radical (unpaired) electrons. The van der Waals surface area contributed by atoms with Gasteiger partial charge < -0.3 is 26.0 Å². The van der Waals surface area contributed by atoms with Gasteiger partial charge in [0.1, 0.15) is 17.7 Å². The van der Waals surface area contributed by atoms with Crippen molar-refractivity contribution in [1.82, 2.24) is 15.5 Å². The Labute approximate surface area is 209 Å². The molecule has 0 saturated heterocycles. The first-order chi connectivity index (χ1) is 15.8. The molecule has 0 saturated carbocycles. The topological polar surface area (TPSA) is 131 Å². The largest absolute Gasteiger partial charge is 0.444 e. The molecule has 0 spiro atoms. The van der Waals surface area contributed by atoms with Gasteiger partial charge >= 0.3 is 6.09 Å². The van der Waals surface area contributed by atoms with Gasteiger partial charge in [-0.2, -0.15) is 0 Å². The molecule has 1 aromatic carbocycles. The van der Waals surface area contributed by atoms with Crippen molar-refractivity contribution < 1.29 is 23.9 Å². The minimum absolute atomic E-state index is 0.172. The number of benzene rings is 1. The molecule has 196 valence electrons. The van der Waals surface area contributed by atoms with E-state index in [0.29, 0.717) is 5.56 Å². The Morgan fingerprint density at radius 2 is 1.54 bits per heavy atom. The first-order valence-electron chi connectivity index (χ1n) is 11.8. The monoisotopic (exact) mass is 490 g/mol. The van der Waals surface area contributed by atoms with Crippen molar-refractivity contribution in [3.63, 3.8) is 0 Å². The summed E-state index contributed by atoms with van der Waals surface area (Å²) in [5, 5.41) is 5.38. The first kappa shape index (κ1) is 29.9. The SMILES string of the molecule is Cc1ccc(C(C(=O)NC(C)C)N(C(=O)C(CC(N)=O)NC(=O)OC(C)(C)C)C(C)(C)C)cc1C. The molecule has 0 aromatic heterocycles. The summed E-state index contributed by atoms with van der Waals surface area (Å²) >= 11 is 0. The van der Waals surface area contributed by atoms with E-state index in [4.69, 9.17) is 10.5 Å². The zero-order chi connectivity index (χ0) is 27.3. The highest BCUT2D eigenvalue weighted by Crippen LogP contribution is 2.31. The summed E-state index contributed by atoms with van der Waals surface area (Å²) in [5.74, 6) is -1.77. The quantitative estimate of drug-likeness (QED) is 0.515. The molecular formula is C26H42N4O5. The van der Waals surface area contributed by atoms with Gasteiger partial charge in [0.15, 0.2) is 0 Å². The second kappa shape index (κ2) is 11.6. The molecule has 1 aromatic rings. The van der Waals surface area contributed by atoms with Crippen LogP contribution in [0.25, 0.3) is 0 Å². The van der Waals surface area contributed by atoms with Crippen LogP contribution in [0.3, 0.4) is 0 Å². The molecule has 9 heteroatoms. The Morgan fingerprint density at radius 1 is 0.971 bits per heavy atom. The zero-order valence-corrected chi connectivity index (χ0v) is 22.7. The third kappa shape index (κ3) is 9.22. The number of amides is 4. The lowest BCUT2D eigenvalue weighted by Crippen LogP contribution is -2.59. The Hall–Kier alpha value is -3.10. The van der Waals surface area contributed by atoms with Crippen molar-refractivity contribution in [2.75, 3.05) is 0 Å². The van der Waals surface area contributed by atoms with Crippen LogP contribution in [0, 0.1) is 13.8 Å². The normalized spacial score (nSPS) is 13.6. The van der Waals surface area contributed by atoms with E-state index in [-0.39, 0.29) is 11.9 Å². The highest BCUT2D eigenvalue weighted by molar-refractivity contribution is 5.95. The summed E-state index contributed by atoms with van der Waals surface area (Å²) in [7, 11) is 0. The van der Waals surface area contributed by atoms with Crippen LogP contribution in [-0.4, -0.2) is 51.9 Å². The molecular weight excluding hydrogens is 448 g/mol. The summed E-state index contributed by atoms with van der Waals surface area (Å²) in [5.41, 5.74) is 6.36. The standard InChI is InChI=1S/C26H42N4O5/c1-15(2)28-22(32)21(18-12-11-16(3)17(4)13-18)30(25(5,6)7)23(33)19(14-20(27)31)29-24(34)35-26(8,9)10/h11-13,15,19,21H,14H2,1-10H3,(H2,27,31)(H,28,32)(H,29,34). The Bertz CT molecular complexity index is 944. The lowest BCUT2D eigenvalue weighted by atomic mass is 9.93. The number of carbonyl (C=O) groups is 4. The second-order valence-electron chi connectivity index (χ2n) is 11.2. The molecule has 0 fully saturated rings. The lowest BCUT2D eigenvalue weighted by Gasteiger charge is -2.43. The number of aryl methyl sites for hydroxylation is 2. The van der Waals surface area contributed by atoms with Crippen LogP contribution >= 0.6 is 0 Å². The van der Waals surface area contributed by atoms with Gasteiger partial charge in [-0.1, -0.05) is 18.2 Å². The number of alkyl carbamates (subject to hydrolysis) is 1. The maximum absolute atomic E-state index is 14.0. The number of hydrogen-bond acceptors (Lipinski definition) is 5. The molecule has 2 unspecified atom stereocenters. The summed E-state index contributed by atoms with van der Waals surface area (Å²) in [4.78, 5) is 53.2. The number of hydrogen-bond donors (Lipinski definition) is 3. The zero-order valence-electron chi connectivity index (χ0n) is 22.7. The van der Waals surface area contributed by atoms with Crippen molar-refractivity contribution in [2.24, 2.45) is 5.73 Å². The van der Waals surface area contributed by atoms with Crippen LogP contribution in [0.2, 0.25) is 0 Å². The van der Waals surface area contributed by atoms with E-state index in [1.807, 2.05) is 45.9 Å². The van der Waals surface area contributed by atoms with E-state index in [9.17, 15) is 19.2 Å². The number of carbonyl (C=O) groups excluding carboxylic acids is 4. The molecule has 1 rings (SSSR count). The summed E-state index contributed by atoms with van der Waals surface area (Å²) in [6, 6.07) is 3.07. The Morgan fingerprint density at radius 3 is 1.97 bits per heavy atom. The number of ether oxygens (including phenoxy) is 1. The highest BCUT2D eigenvalue weighted by Gasteiger charge is 2.42. The van der Waals surface area contributed by atoms with Gasteiger partial charge in [-0.3, -0.25) is 14.4 Å². The van der Waals surface area contributed by atoms with E-state index in [2.05, 4.69) is 10.6 Å². The Balaban J connectivity index is 3.62. The molecule has 0 heterocycles. The van der Waals surface area contributed by atoms with Crippen LogP contribution in [-0.2, 0) is 19.1 Å². The molecule has 2 atom stereocenters. The van der Waals surface area contributed by atoms with Gasteiger partial charge in [-0.15, -0.1) is 0 Å². The fourth-order valence-corrected chi connectivity index (χ4v) is 3.58. The van der Waals surface area contributed by atoms with Crippen LogP contribution in [0.15, 0.2) is 18.2 Å². The lowest BCUT2D eigenvalue weighted by molar-refractivity contribution is -0.149. The average Bonchev–Trinajstić information content (AvgIpc) is 2.63. The highest BCUT2D eigenvalue weighted by atomic mass is 16.6. The van der Waals surface area contributed by atoms with Gasteiger partial charge in [0.05, 0.1) is 6.42 Å². The molecule has 0 aliphatic carbocycles. The van der Waals surface area contributed by atoms with Crippen LogP contribution < -0.4 is 16.4 Å². The van der Waals surface area contributed by atoms with Crippen molar-refractivity contribution in [2.45, 2.75) is 105 Å². The maximum atomic E-state index is 14.0. The first-order valence-corrected chi connectivity index (χ1v) is 11.8. The molecule has 0 aliphatic heterocycles. The van der Waals surface area contributed by atoms with E-state index in [1.54, 1.807) is 41.5 Å². The van der Waals surface area contributed by atoms with Crippen LogP contribution in [0.5, 0.6) is 0 Å². The van der Waals surface area contributed by atoms with Crippen molar-refractivity contribution in [1.29, 1.82) is 0 Å². The fraction of sp³-hybridized carbons (Fsp3) is 0.615. The molecule has 0 bridgehead atoms.